The van der Waals surface area contributed by atoms with Crippen molar-refractivity contribution in [2.24, 2.45) is 5.92 Å². The molecule has 0 bridgehead atoms. The molecule has 4 nitrogen and oxygen atoms in total. The first kappa shape index (κ1) is 14.5. The number of piperidine rings is 1. The standard InChI is InChI=1S/C13H26N2O2/c1-2-3-12(16)10-15-13(17)5-4-11-6-8-14-9-7-11/h11-12,14,16H,2-10H2,1H3,(H,15,17). The van der Waals surface area contributed by atoms with Crippen molar-refractivity contribution in [3.05, 3.63) is 0 Å². The van der Waals surface area contributed by atoms with Crippen molar-refractivity contribution in [1.82, 2.24) is 10.6 Å². The Hall–Kier alpha value is -0.610. The van der Waals surface area contributed by atoms with Gasteiger partial charge in [0, 0.05) is 13.0 Å². The molecule has 1 aliphatic heterocycles. The number of hydrogen-bond acceptors (Lipinski definition) is 3. The summed E-state index contributed by atoms with van der Waals surface area (Å²) in [6.45, 7) is 4.60. The number of carbonyl (C=O) groups excluding carboxylic acids is 1. The SMILES string of the molecule is CCCC(O)CNC(=O)CCC1CCNCC1. The second-order valence-electron chi connectivity index (χ2n) is 4.98. The smallest absolute Gasteiger partial charge is 0.220 e. The van der Waals surface area contributed by atoms with Crippen molar-refractivity contribution in [1.29, 1.82) is 0 Å². The van der Waals surface area contributed by atoms with E-state index in [4.69, 9.17) is 0 Å². The van der Waals surface area contributed by atoms with E-state index in [0.717, 1.165) is 32.4 Å². The van der Waals surface area contributed by atoms with Crippen molar-refractivity contribution in [3.63, 3.8) is 0 Å². The Morgan fingerprint density at radius 2 is 2.18 bits per heavy atom. The molecular formula is C13H26N2O2. The highest BCUT2D eigenvalue weighted by atomic mass is 16.3. The lowest BCUT2D eigenvalue weighted by Crippen LogP contribution is -2.33. The van der Waals surface area contributed by atoms with Crippen LogP contribution in [0.1, 0.15) is 45.4 Å². The molecule has 3 N–H and O–H groups in total. The largest absolute Gasteiger partial charge is 0.391 e. The number of hydrogen-bond donors (Lipinski definition) is 3. The van der Waals surface area contributed by atoms with Gasteiger partial charge in [0.1, 0.15) is 0 Å². The minimum Gasteiger partial charge on any atom is -0.391 e. The average Bonchev–Trinajstić information content (AvgIpc) is 2.35. The third-order valence-electron chi connectivity index (χ3n) is 3.40. The Kier molecular flexibility index (Phi) is 7.21. The minimum absolute atomic E-state index is 0.0821. The van der Waals surface area contributed by atoms with E-state index in [0.29, 0.717) is 18.9 Å². The van der Waals surface area contributed by atoms with Gasteiger partial charge in [0.25, 0.3) is 0 Å². The van der Waals surface area contributed by atoms with Crippen LogP contribution in [-0.2, 0) is 4.79 Å². The maximum atomic E-state index is 11.6. The second-order valence-corrected chi connectivity index (χ2v) is 4.98. The zero-order valence-corrected chi connectivity index (χ0v) is 10.9. The third-order valence-corrected chi connectivity index (χ3v) is 3.40. The third kappa shape index (κ3) is 6.64. The van der Waals surface area contributed by atoms with Crippen molar-refractivity contribution in [3.8, 4) is 0 Å². The quantitative estimate of drug-likeness (QED) is 0.625. The average molecular weight is 242 g/mol. The number of amides is 1. The Labute approximate surface area is 104 Å². The number of rotatable bonds is 7. The van der Waals surface area contributed by atoms with Gasteiger partial charge in [0.05, 0.1) is 6.10 Å². The molecule has 4 heteroatoms. The van der Waals surface area contributed by atoms with Crippen LogP contribution < -0.4 is 10.6 Å². The Bertz CT molecular complexity index is 215. The molecule has 0 aromatic heterocycles. The highest BCUT2D eigenvalue weighted by Gasteiger charge is 2.14. The molecule has 0 spiro atoms. The van der Waals surface area contributed by atoms with Gasteiger partial charge in [-0.2, -0.15) is 0 Å². The van der Waals surface area contributed by atoms with Gasteiger partial charge in [0.15, 0.2) is 0 Å². The molecule has 0 radical (unpaired) electrons. The van der Waals surface area contributed by atoms with Crippen molar-refractivity contribution < 1.29 is 9.90 Å². The topological polar surface area (TPSA) is 61.4 Å². The van der Waals surface area contributed by atoms with Crippen molar-refractivity contribution in [2.45, 2.75) is 51.6 Å². The van der Waals surface area contributed by atoms with E-state index in [1.807, 2.05) is 6.92 Å². The molecule has 1 amide bonds. The van der Waals surface area contributed by atoms with Crippen LogP contribution in [0.4, 0.5) is 0 Å². The van der Waals surface area contributed by atoms with Crippen LogP contribution in [0.5, 0.6) is 0 Å². The maximum absolute atomic E-state index is 11.6. The number of carbonyl (C=O) groups is 1. The summed E-state index contributed by atoms with van der Waals surface area (Å²) in [6.07, 6.45) is 5.28. The highest BCUT2D eigenvalue weighted by molar-refractivity contribution is 5.75. The van der Waals surface area contributed by atoms with Gasteiger partial charge in [-0.05, 0) is 44.7 Å². The predicted octanol–water partition coefficient (Wildman–Crippen LogP) is 1.04. The molecule has 1 unspecified atom stereocenters. The molecular weight excluding hydrogens is 216 g/mol. The number of aliphatic hydroxyl groups is 1. The summed E-state index contributed by atoms with van der Waals surface area (Å²) in [5.74, 6) is 0.779. The van der Waals surface area contributed by atoms with E-state index in [1.54, 1.807) is 0 Å². The molecule has 1 heterocycles. The Balaban J connectivity index is 2.04. The first-order valence-electron chi connectivity index (χ1n) is 6.87. The molecule has 0 aliphatic carbocycles. The van der Waals surface area contributed by atoms with Gasteiger partial charge in [0.2, 0.25) is 5.91 Å². The summed E-state index contributed by atoms with van der Waals surface area (Å²) in [5.41, 5.74) is 0. The lowest BCUT2D eigenvalue weighted by atomic mass is 9.93. The fourth-order valence-corrected chi connectivity index (χ4v) is 2.26. The second kappa shape index (κ2) is 8.48. The molecule has 1 rings (SSSR count). The number of nitrogens with one attached hydrogen (secondary N) is 2. The fraction of sp³-hybridized carbons (Fsp3) is 0.923. The lowest BCUT2D eigenvalue weighted by Gasteiger charge is -2.22. The zero-order chi connectivity index (χ0) is 12.5. The molecule has 0 saturated carbocycles. The lowest BCUT2D eigenvalue weighted by molar-refractivity contribution is -0.121. The molecule has 0 aromatic carbocycles. The van der Waals surface area contributed by atoms with Gasteiger partial charge < -0.3 is 15.7 Å². The van der Waals surface area contributed by atoms with E-state index in [9.17, 15) is 9.90 Å². The molecule has 17 heavy (non-hydrogen) atoms. The van der Waals surface area contributed by atoms with E-state index < -0.39 is 0 Å². The van der Waals surface area contributed by atoms with Gasteiger partial charge in [-0.25, -0.2) is 0 Å². The first-order valence-corrected chi connectivity index (χ1v) is 6.87. The van der Waals surface area contributed by atoms with Gasteiger partial charge >= 0.3 is 0 Å². The van der Waals surface area contributed by atoms with Crippen molar-refractivity contribution in [2.75, 3.05) is 19.6 Å². The highest BCUT2D eigenvalue weighted by Crippen LogP contribution is 2.17. The molecule has 1 aliphatic rings. The predicted molar refractivity (Wildman–Crippen MR) is 68.8 cm³/mol. The molecule has 1 atom stereocenters. The van der Waals surface area contributed by atoms with Gasteiger partial charge in [-0.1, -0.05) is 13.3 Å². The van der Waals surface area contributed by atoms with Crippen LogP contribution in [0, 0.1) is 5.92 Å². The van der Waals surface area contributed by atoms with Crippen LogP contribution in [0.25, 0.3) is 0 Å². The summed E-state index contributed by atoms with van der Waals surface area (Å²) < 4.78 is 0. The fourth-order valence-electron chi connectivity index (χ4n) is 2.26. The Morgan fingerprint density at radius 1 is 1.47 bits per heavy atom. The van der Waals surface area contributed by atoms with E-state index in [-0.39, 0.29) is 12.0 Å². The summed E-state index contributed by atoms with van der Waals surface area (Å²) >= 11 is 0. The van der Waals surface area contributed by atoms with E-state index in [2.05, 4.69) is 10.6 Å². The first-order chi connectivity index (χ1) is 8.22. The molecule has 1 saturated heterocycles. The van der Waals surface area contributed by atoms with Crippen LogP contribution in [0.3, 0.4) is 0 Å². The van der Waals surface area contributed by atoms with E-state index >= 15 is 0 Å². The summed E-state index contributed by atoms with van der Waals surface area (Å²) in [5, 5.41) is 15.6. The summed E-state index contributed by atoms with van der Waals surface area (Å²) in [7, 11) is 0. The molecule has 1 fully saturated rings. The maximum Gasteiger partial charge on any atom is 0.220 e. The van der Waals surface area contributed by atoms with Crippen molar-refractivity contribution >= 4 is 5.91 Å². The minimum atomic E-state index is -0.386. The van der Waals surface area contributed by atoms with Gasteiger partial charge in [-0.15, -0.1) is 0 Å². The monoisotopic (exact) mass is 242 g/mol. The van der Waals surface area contributed by atoms with Crippen LogP contribution in [0.15, 0.2) is 0 Å². The van der Waals surface area contributed by atoms with Crippen LogP contribution in [0.2, 0.25) is 0 Å². The van der Waals surface area contributed by atoms with E-state index in [1.165, 1.54) is 12.8 Å². The van der Waals surface area contributed by atoms with Crippen LogP contribution in [-0.4, -0.2) is 36.8 Å². The molecule has 0 aromatic rings. The Morgan fingerprint density at radius 3 is 2.82 bits per heavy atom. The normalized spacial score (nSPS) is 18.9. The molecule has 100 valence electrons. The van der Waals surface area contributed by atoms with Crippen LogP contribution >= 0.6 is 0 Å². The zero-order valence-electron chi connectivity index (χ0n) is 10.9. The van der Waals surface area contributed by atoms with Gasteiger partial charge in [-0.3, -0.25) is 4.79 Å². The summed E-state index contributed by atoms with van der Waals surface area (Å²) in [4.78, 5) is 11.6. The number of aliphatic hydroxyl groups excluding tert-OH is 1. The summed E-state index contributed by atoms with van der Waals surface area (Å²) in [6, 6.07) is 0.